The summed E-state index contributed by atoms with van der Waals surface area (Å²) < 4.78 is 2.06. The molecule has 0 aliphatic carbocycles. The van der Waals surface area contributed by atoms with E-state index >= 15 is 0 Å². The molecule has 0 radical (unpaired) electrons. The molecule has 4 rings (SSSR count). The van der Waals surface area contributed by atoms with Crippen LogP contribution >= 0.6 is 12.2 Å². The van der Waals surface area contributed by atoms with Gasteiger partial charge in [-0.1, -0.05) is 25.1 Å². The zero-order chi connectivity index (χ0) is 22.1. The molecule has 0 unspecified atom stereocenters. The molecule has 156 valence electrons. The van der Waals surface area contributed by atoms with Crippen molar-refractivity contribution in [2.75, 3.05) is 4.90 Å². The second-order valence-corrected chi connectivity index (χ2v) is 7.69. The summed E-state index contributed by atoms with van der Waals surface area (Å²) in [6.07, 6.45) is 5.84. The second kappa shape index (κ2) is 8.28. The summed E-state index contributed by atoms with van der Waals surface area (Å²) in [6.45, 7) is 5.95. The van der Waals surface area contributed by atoms with Crippen molar-refractivity contribution in [3.8, 4) is 5.69 Å². The van der Waals surface area contributed by atoms with Gasteiger partial charge < -0.3 is 4.57 Å². The van der Waals surface area contributed by atoms with Gasteiger partial charge in [0.15, 0.2) is 5.11 Å². The second-order valence-electron chi connectivity index (χ2n) is 7.31. The van der Waals surface area contributed by atoms with E-state index in [9.17, 15) is 9.59 Å². The fraction of sp³-hybridized carbons (Fsp3) is 0.167. The Hall–Kier alpha value is -3.58. The lowest BCUT2D eigenvalue weighted by Crippen LogP contribution is -2.54. The SMILES string of the molecule is CCc1ccccc1N1C(=O)/C(=C/c2cc(C)n(-c3ccncc3)c2C)C(=O)NC1=S. The zero-order valence-electron chi connectivity index (χ0n) is 17.5. The van der Waals surface area contributed by atoms with E-state index in [1.807, 2.05) is 63.2 Å². The molecule has 1 fully saturated rings. The first-order chi connectivity index (χ1) is 14.9. The van der Waals surface area contributed by atoms with Gasteiger partial charge in [-0.2, -0.15) is 0 Å². The Kier molecular flexibility index (Phi) is 5.52. The largest absolute Gasteiger partial charge is 0.318 e. The maximum absolute atomic E-state index is 13.4. The molecule has 0 atom stereocenters. The van der Waals surface area contributed by atoms with Crippen LogP contribution in [0.3, 0.4) is 0 Å². The van der Waals surface area contributed by atoms with E-state index in [-0.39, 0.29) is 10.7 Å². The monoisotopic (exact) mass is 430 g/mol. The normalized spacial score (nSPS) is 15.5. The van der Waals surface area contributed by atoms with Gasteiger partial charge in [0.05, 0.1) is 5.69 Å². The predicted octanol–water partition coefficient (Wildman–Crippen LogP) is 3.88. The molecular weight excluding hydrogens is 408 g/mol. The van der Waals surface area contributed by atoms with Crippen LogP contribution in [-0.4, -0.2) is 26.5 Å². The number of nitrogens with one attached hydrogen (secondary N) is 1. The molecular formula is C24H22N4O2S. The molecule has 3 heterocycles. The van der Waals surface area contributed by atoms with Crippen LogP contribution in [-0.2, 0) is 16.0 Å². The molecule has 2 aromatic heterocycles. The third kappa shape index (κ3) is 3.68. The van der Waals surface area contributed by atoms with Gasteiger partial charge in [0.1, 0.15) is 5.57 Å². The summed E-state index contributed by atoms with van der Waals surface area (Å²) in [4.78, 5) is 31.6. The highest BCUT2D eigenvalue weighted by atomic mass is 32.1. The van der Waals surface area contributed by atoms with Gasteiger partial charge in [0, 0.05) is 29.5 Å². The quantitative estimate of drug-likeness (QED) is 0.388. The average Bonchev–Trinajstić information content (AvgIpc) is 3.04. The Morgan fingerprint density at radius 1 is 1.10 bits per heavy atom. The number of carbonyl (C=O) groups is 2. The Balaban J connectivity index is 1.78. The minimum atomic E-state index is -0.492. The average molecular weight is 431 g/mol. The van der Waals surface area contributed by atoms with Crippen molar-refractivity contribution in [2.24, 2.45) is 0 Å². The third-order valence-electron chi connectivity index (χ3n) is 5.41. The Bertz CT molecular complexity index is 1230. The van der Waals surface area contributed by atoms with Crippen molar-refractivity contribution in [3.05, 3.63) is 82.9 Å². The minimum absolute atomic E-state index is 0.0504. The Morgan fingerprint density at radius 2 is 1.81 bits per heavy atom. The van der Waals surface area contributed by atoms with E-state index in [0.29, 0.717) is 5.69 Å². The summed E-state index contributed by atoms with van der Waals surface area (Å²) in [5.41, 5.74) is 5.39. The highest BCUT2D eigenvalue weighted by Crippen LogP contribution is 2.28. The van der Waals surface area contributed by atoms with E-state index in [0.717, 1.165) is 34.6 Å². The van der Waals surface area contributed by atoms with Crippen LogP contribution < -0.4 is 10.2 Å². The van der Waals surface area contributed by atoms with Crippen LogP contribution in [0.25, 0.3) is 11.8 Å². The van der Waals surface area contributed by atoms with Gasteiger partial charge in [-0.3, -0.25) is 24.8 Å². The molecule has 31 heavy (non-hydrogen) atoms. The van der Waals surface area contributed by atoms with E-state index in [2.05, 4.69) is 14.9 Å². The van der Waals surface area contributed by atoms with Crippen LogP contribution in [0.1, 0.15) is 29.4 Å². The molecule has 0 bridgehead atoms. The number of para-hydroxylation sites is 1. The fourth-order valence-corrected chi connectivity index (χ4v) is 4.16. The molecule has 2 amide bonds. The van der Waals surface area contributed by atoms with Gasteiger partial charge >= 0.3 is 0 Å². The number of nitrogens with zero attached hydrogens (tertiary/aromatic N) is 3. The number of thiocarbonyl (C=S) groups is 1. The highest BCUT2D eigenvalue weighted by molar-refractivity contribution is 7.80. The molecule has 1 aliphatic rings. The first-order valence-corrected chi connectivity index (χ1v) is 10.4. The van der Waals surface area contributed by atoms with Crippen molar-refractivity contribution in [1.82, 2.24) is 14.9 Å². The molecule has 1 saturated heterocycles. The first kappa shape index (κ1) is 20.7. The number of rotatable bonds is 4. The maximum atomic E-state index is 13.4. The Morgan fingerprint density at radius 3 is 2.52 bits per heavy atom. The zero-order valence-corrected chi connectivity index (χ0v) is 18.4. The number of aromatic nitrogens is 2. The summed E-state index contributed by atoms with van der Waals surface area (Å²) in [5.74, 6) is -0.919. The number of hydrogen-bond donors (Lipinski definition) is 1. The number of aryl methyl sites for hydroxylation is 2. The molecule has 3 aromatic rings. The van der Waals surface area contributed by atoms with Gasteiger partial charge in [-0.15, -0.1) is 0 Å². The number of carbonyl (C=O) groups excluding carboxylic acids is 2. The standard InChI is InChI=1S/C24H22N4O2S/c1-4-17-7-5-6-8-21(17)28-23(30)20(22(29)26-24(28)31)14-18-13-15(2)27(16(18)3)19-9-11-25-12-10-19/h5-14H,4H2,1-3H3,(H,26,29,31)/b20-14+. The molecule has 1 aromatic carbocycles. The van der Waals surface area contributed by atoms with Crippen molar-refractivity contribution in [2.45, 2.75) is 27.2 Å². The lowest BCUT2D eigenvalue weighted by atomic mass is 10.0. The maximum Gasteiger partial charge on any atom is 0.270 e. The molecule has 1 N–H and O–H groups in total. The topological polar surface area (TPSA) is 67.2 Å². The summed E-state index contributed by atoms with van der Waals surface area (Å²) >= 11 is 5.34. The molecule has 0 saturated carbocycles. The molecule has 6 nitrogen and oxygen atoms in total. The van der Waals surface area contributed by atoms with Gasteiger partial charge in [-0.25, -0.2) is 0 Å². The predicted molar refractivity (Wildman–Crippen MR) is 125 cm³/mol. The minimum Gasteiger partial charge on any atom is -0.318 e. The molecule has 0 spiro atoms. The third-order valence-corrected chi connectivity index (χ3v) is 5.69. The molecule has 7 heteroatoms. The smallest absolute Gasteiger partial charge is 0.270 e. The number of hydrogen-bond acceptors (Lipinski definition) is 4. The summed E-state index contributed by atoms with van der Waals surface area (Å²) in [7, 11) is 0. The number of anilines is 1. The lowest BCUT2D eigenvalue weighted by molar-refractivity contribution is -0.122. The van der Waals surface area contributed by atoms with Gasteiger partial charge in [0.25, 0.3) is 11.8 Å². The van der Waals surface area contributed by atoms with Crippen molar-refractivity contribution in [3.63, 3.8) is 0 Å². The summed E-state index contributed by atoms with van der Waals surface area (Å²) in [5, 5.41) is 2.76. The number of benzene rings is 1. The lowest BCUT2D eigenvalue weighted by Gasteiger charge is -2.30. The highest BCUT2D eigenvalue weighted by Gasteiger charge is 2.35. The van der Waals surface area contributed by atoms with Crippen LogP contribution in [0.4, 0.5) is 5.69 Å². The van der Waals surface area contributed by atoms with Gasteiger partial charge in [0.2, 0.25) is 0 Å². The van der Waals surface area contributed by atoms with Crippen LogP contribution in [0.15, 0.2) is 60.4 Å². The first-order valence-electron chi connectivity index (χ1n) is 10.0. The van der Waals surface area contributed by atoms with Crippen LogP contribution in [0.5, 0.6) is 0 Å². The van der Waals surface area contributed by atoms with Crippen LogP contribution in [0.2, 0.25) is 0 Å². The Labute approximate surface area is 186 Å². The van der Waals surface area contributed by atoms with Crippen molar-refractivity contribution >= 4 is 40.9 Å². The van der Waals surface area contributed by atoms with Crippen molar-refractivity contribution < 1.29 is 9.59 Å². The van der Waals surface area contributed by atoms with Gasteiger partial charge in [-0.05, 0) is 74.0 Å². The summed E-state index contributed by atoms with van der Waals surface area (Å²) in [6, 6.07) is 13.4. The van der Waals surface area contributed by atoms with Crippen molar-refractivity contribution in [1.29, 1.82) is 0 Å². The number of amides is 2. The fourth-order valence-electron chi connectivity index (χ4n) is 3.88. The molecule has 1 aliphatic heterocycles. The van der Waals surface area contributed by atoms with Crippen LogP contribution in [0, 0.1) is 13.8 Å². The van der Waals surface area contributed by atoms with E-state index < -0.39 is 11.8 Å². The van der Waals surface area contributed by atoms with E-state index in [4.69, 9.17) is 12.2 Å². The number of pyridine rings is 1. The van der Waals surface area contributed by atoms with E-state index in [1.54, 1.807) is 18.5 Å². The van der Waals surface area contributed by atoms with E-state index in [1.165, 1.54) is 4.90 Å².